The van der Waals surface area contributed by atoms with Crippen LogP contribution in [0.2, 0.25) is 5.02 Å². The summed E-state index contributed by atoms with van der Waals surface area (Å²) in [4.78, 5) is 4.45. The summed E-state index contributed by atoms with van der Waals surface area (Å²) in [7, 11) is 0. The predicted octanol–water partition coefficient (Wildman–Crippen LogP) is 3.49. The Labute approximate surface area is 124 Å². The molecule has 0 aliphatic carbocycles. The van der Waals surface area contributed by atoms with Crippen molar-refractivity contribution in [2.75, 3.05) is 23.0 Å². The molecular weight excluding hydrogens is 302 g/mol. The Hall–Kier alpha value is -0.850. The number of thioether (sulfide) groups is 2. The van der Waals surface area contributed by atoms with Crippen LogP contribution in [-0.4, -0.2) is 27.4 Å². The summed E-state index contributed by atoms with van der Waals surface area (Å²) in [6.45, 7) is 0. The van der Waals surface area contributed by atoms with Gasteiger partial charge in [0.15, 0.2) is 5.82 Å². The van der Waals surface area contributed by atoms with Crippen molar-refractivity contribution < 1.29 is 4.52 Å². The maximum atomic E-state index is 6.14. The molecule has 1 aliphatic heterocycles. The maximum Gasteiger partial charge on any atom is 0.261 e. The van der Waals surface area contributed by atoms with Crippen molar-refractivity contribution in [3.05, 3.63) is 29.0 Å². The first-order chi connectivity index (χ1) is 9.25. The van der Waals surface area contributed by atoms with Crippen molar-refractivity contribution in [3.8, 4) is 11.5 Å². The van der Waals surface area contributed by atoms with E-state index < -0.39 is 0 Å². The van der Waals surface area contributed by atoms with Gasteiger partial charge >= 0.3 is 0 Å². The van der Waals surface area contributed by atoms with E-state index in [-0.39, 0.29) is 0 Å². The van der Waals surface area contributed by atoms with Gasteiger partial charge in [-0.3, -0.25) is 0 Å². The molecule has 2 aromatic rings. The average Bonchev–Trinajstić information content (AvgIpc) is 2.89. The predicted molar refractivity (Wildman–Crippen MR) is 81.7 cm³/mol. The molecule has 0 bridgehead atoms. The Kier molecular flexibility index (Phi) is 3.91. The number of hydrogen-bond donors (Lipinski definition) is 1. The second-order valence-electron chi connectivity index (χ2n) is 4.10. The van der Waals surface area contributed by atoms with E-state index in [1.165, 1.54) is 5.75 Å². The minimum Gasteiger partial charge on any atom is -0.398 e. The lowest BCUT2D eigenvalue weighted by Crippen LogP contribution is -2.07. The van der Waals surface area contributed by atoms with Crippen LogP contribution in [0.25, 0.3) is 11.5 Å². The Balaban J connectivity index is 1.92. The van der Waals surface area contributed by atoms with Gasteiger partial charge in [0.05, 0.1) is 15.8 Å². The summed E-state index contributed by atoms with van der Waals surface area (Å²) in [5.74, 6) is 4.44. The SMILES string of the molecule is Nc1cccc(Cl)c1-c1nc(C2CSCCS2)no1. The van der Waals surface area contributed by atoms with E-state index in [4.69, 9.17) is 21.9 Å². The highest BCUT2D eigenvalue weighted by molar-refractivity contribution is 8.06. The molecule has 1 aromatic carbocycles. The summed E-state index contributed by atoms with van der Waals surface area (Å²) in [6, 6.07) is 5.34. The summed E-state index contributed by atoms with van der Waals surface area (Å²) >= 11 is 9.92. The quantitative estimate of drug-likeness (QED) is 0.856. The monoisotopic (exact) mass is 313 g/mol. The number of benzene rings is 1. The average molecular weight is 314 g/mol. The van der Waals surface area contributed by atoms with Crippen molar-refractivity contribution in [2.24, 2.45) is 0 Å². The fraction of sp³-hybridized carbons (Fsp3) is 0.333. The molecular formula is C12H12ClN3OS2. The molecule has 0 spiro atoms. The Morgan fingerprint density at radius 2 is 2.26 bits per heavy atom. The molecule has 2 heterocycles. The van der Waals surface area contributed by atoms with E-state index in [2.05, 4.69) is 10.1 Å². The van der Waals surface area contributed by atoms with Crippen LogP contribution in [0, 0.1) is 0 Å². The van der Waals surface area contributed by atoms with Crippen LogP contribution in [0.3, 0.4) is 0 Å². The van der Waals surface area contributed by atoms with Crippen LogP contribution < -0.4 is 5.73 Å². The normalized spacial score (nSPS) is 19.5. The molecule has 100 valence electrons. The second kappa shape index (κ2) is 5.64. The number of rotatable bonds is 2. The molecule has 19 heavy (non-hydrogen) atoms. The first kappa shape index (κ1) is 13.1. The van der Waals surface area contributed by atoms with E-state index >= 15 is 0 Å². The van der Waals surface area contributed by atoms with E-state index in [0.29, 0.717) is 27.4 Å². The van der Waals surface area contributed by atoms with Gasteiger partial charge in [-0.25, -0.2) is 0 Å². The zero-order chi connectivity index (χ0) is 13.2. The number of nitrogens with two attached hydrogens (primary N) is 1. The molecule has 1 aliphatic rings. The fourth-order valence-electron chi connectivity index (χ4n) is 1.87. The van der Waals surface area contributed by atoms with Crippen molar-refractivity contribution >= 4 is 40.8 Å². The van der Waals surface area contributed by atoms with Crippen LogP contribution in [0.1, 0.15) is 11.1 Å². The number of nitrogen functional groups attached to an aromatic ring is 1. The molecule has 3 rings (SSSR count). The molecule has 0 saturated carbocycles. The van der Waals surface area contributed by atoms with Gasteiger partial charge in [-0.15, -0.1) is 11.8 Å². The largest absolute Gasteiger partial charge is 0.398 e. The summed E-state index contributed by atoms with van der Waals surface area (Å²) in [5.41, 5.74) is 7.09. The number of nitrogens with zero attached hydrogens (tertiary/aromatic N) is 2. The lowest BCUT2D eigenvalue weighted by Gasteiger charge is -2.16. The molecule has 1 fully saturated rings. The Morgan fingerprint density at radius 1 is 1.37 bits per heavy atom. The number of hydrogen-bond acceptors (Lipinski definition) is 6. The highest BCUT2D eigenvalue weighted by Gasteiger charge is 2.23. The zero-order valence-electron chi connectivity index (χ0n) is 10.0. The lowest BCUT2D eigenvalue weighted by molar-refractivity contribution is 0.423. The molecule has 4 nitrogen and oxygen atoms in total. The highest BCUT2D eigenvalue weighted by atomic mass is 35.5. The minimum absolute atomic E-state index is 0.292. The summed E-state index contributed by atoms with van der Waals surface area (Å²) in [6.07, 6.45) is 0. The topological polar surface area (TPSA) is 64.9 Å². The van der Waals surface area contributed by atoms with Gasteiger partial charge in [0.2, 0.25) is 0 Å². The van der Waals surface area contributed by atoms with Gasteiger partial charge in [0.1, 0.15) is 0 Å². The number of anilines is 1. The third kappa shape index (κ3) is 2.70. The first-order valence-electron chi connectivity index (χ1n) is 5.83. The number of halogens is 1. The molecule has 0 amide bonds. The van der Waals surface area contributed by atoms with Crippen LogP contribution in [0.4, 0.5) is 5.69 Å². The highest BCUT2D eigenvalue weighted by Crippen LogP contribution is 2.37. The van der Waals surface area contributed by atoms with E-state index in [0.717, 1.165) is 17.3 Å². The standard InChI is InChI=1S/C12H12ClN3OS2/c13-7-2-1-3-8(14)10(7)12-15-11(16-17-12)9-6-18-4-5-19-9/h1-3,9H,4-6,14H2. The molecule has 1 atom stereocenters. The van der Waals surface area contributed by atoms with Gasteiger partial charge in [-0.2, -0.15) is 16.7 Å². The van der Waals surface area contributed by atoms with Crippen LogP contribution in [0.15, 0.2) is 22.7 Å². The molecule has 0 radical (unpaired) electrons. The summed E-state index contributed by atoms with van der Waals surface area (Å²) in [5, 5.41) is 4.88. The van der Waals surface area contributed by atoms with E-state index in [1.54, 1.807) is 18.2 Å². The maximum absolute atomic E-state index is 6.14. The van der Waals surface area contributed by atoms with Crippen molar-refractivity contribution in [1.29, 1.82) is 0 Å². The van der Waals surface area contributed by atoms with Crippen LogP contribution in [-0.2, 0) is 0 Å². The molecule has 1 unspecified atom stereocenters. The third-order valence-electron chi connectivity index (χ3n) is 2.81. The minimum atomic E-state index is 0.292. The van der Waals surface area contributed by atoms with Gasteiger partial charge in [0, 0.05) is 22.9 Å². The summed E-state index contributed by atoms with van der Waals surface area (Å²) < 4.78 is 5.32. The molecule has 7 heteroatoms. The Morgan fingerprint density at radius 3 is 3.00 bits per heavy atom. The zero-order valence-corrected chi connectivity index (χ0v) is 12.4. The van der Waals surface area contributed by atoms with E-state index in [9.17, 15) is 0 Å². The van der Waals surface area contributed by atoms with Gasteiger partial charge in [-0.05, 0) is 12.1 Å². The smallest absolute Gasteiger partial charge is 0.261 e. The molecule has 1 aromatic heterocycles. The van der Waals surface area contributed by atoms with Gasteiger partial charge in [0.25, 0.3) is 5.89 Å². The fourth-order valence-corrected chi connectivity index (χ4v) is 4.72. The van der Waals surface area contributed by atoms with Gasteiger partial charge in [-0.1, -0.05) is 22.8 Å². The van der Waals surface area contributed by atoms with E-state index in [1.807, 2.05) is 23.5 Å². The van der Waals surface area contributed by atoms with Crippen molar-refractivity contribution in [2.45, 2.75) is 5.25 Å². The first-order valence-corrected chi connectivity index (χ1v) is 8.41. The Bertz CT molecular complexity index is 564. The second-order valence-corrected chi connectivity index (χ2v) is 6.96. The van der Waals surface area contributed by atoms with Crippen molar-refractivity contribution in [3.63, 3.8) is 0 Å². The molecule has 2 N–H and O–H groups in total. The molecule has 1 saturated heterocycles. The number of aromatic nitrogens is 2. The van der Waals surface area contributed by atoms with Crippen LogP contribution in [0.5, 0.6) is 0 Å². The third-order valence-corrected chi connectivity index (χ3v) is 5.87. The van der Waals surface area contributed by atoms with Gasteiger partial charge < -0.3 is 10.3 Å². The lowest BCUT2D eigenvalue weighted by atomic mass is 10.2. The van der Waals surface area contributed by atoms with Crippen molar-refractivity contribution in [1.82, 2.24) is 10.1 Å². The van der Waals surface area contributed by atoms with Crippen LogP contribution >= 0.6 is 35.1 Å².